The molecule has 0 bridgehead atoms. The van der Waals surface area contributed by atoms with Crippen molar-refractivity contribution in [3.05, 3.63) is 100 Å². The number of carbonyl (C=O) groups excluding carboxylic acids is 1. The molecular formula is C27H23N3O2. The van der Waals surface area contributed by atoms with Crippen molar-refractivity contribution in [3.63, 3.8) is 0 Å². The molecule has 1 amide bonds. The molecule has 0 aliphatic carbocycles. The molecule has 1 aromatic heterocycles. The summed E-state index contributed by atoms with van der Waals surface area (Å²) in [5, 5.41) is 0.543. The van der Waals surface area contributed by atoms with Crippen molar-refractivity contribution in [1.82, 2.24) is 9.55 Å². The standard InChI is InChI=1S/C27H23N3O2/c1-3-15-29-24-14-7-5-11-20(24)22(26(29)31)17-25-28-23-13-6-4-12-21(23)27(32)30(25)19-10-8-9-18(2)16-19/h4-14,16-17H,3,15H2,1-2H3/b22-17+. The van der Waals surface area contributed by atoms with Crippen LogP contribution < -0.4 is 10.5 Å². The van der Waals surface area contributed by atoms with E-state index in [1.54, 1.807) is 21.6 Å². The Labute approximate surface area is 186 Å². The van der Waals surface area contributed by atoms with Crippen LogP contribution >= 0.6 is 0 Å². The van der Waals surface area contributed by atoms with Crippen LogP contribution in [0.1, 0.15) is 30.3 Å². The van der Waals surface area contributed by atoms with Gasteiger partial charge in [-0.15, -0.1) is 0 Å². The Morgan fingerprint density at radius 3 is 2.53 bits per heavy atom. The van der Waals surface area contributed by atoms with Crippen LogP contribution in [0, 0.1) is 6.92 Å². The molecule has 158 valence electrons. The van der Waals surface area contributed by atoms with Crippen LogP contribution in [0.3, 0.4) is 0 Å². The zero-order valence-corrected chi connectivity index (χ0v) is 18.1. The molecule has 0 N–H and O–H groups in total. The maximum absolute atomic E-state index is 13.5. The Hall–Kier alpha value is -3.99. The van der Waals surface area contributed by atoms with Crippen molar-refractivity contribution < 1.29 is 4.79 Å². The van der Waals surface area contributed by atoms with E-state index in [1.165, 1.54) is 0 Å². The van der Waals surface area contributed by atoms with Gasteiger partial charge in [0, 0.05) is 12.1 Å². The highest BCUT2D eigenvalue weighted by Gasteiger charge is 2.31. The number of nitrogens with zero attached hydrogens (tertiary/aromatic N) is 3. The zero-order chi connectivity index (χ0) is 22.2. The molecule has 32 heavy (non-hydrogen) atoms. The van der Waals surface area contributed by atoms with Crippen LogP contribution in [0.15, 0.2) is 77.6 Å². The molecule has 5 nitrogen and oxygen atoms in total. The first kappa shape index (κ1) is 19.9. The topological polar surface area (TPSA) is 55.2 Å². The summed E-state index contributed by atoms with van der Waals surface area (Å²) in [6.07, 6.45) is 2.61. The van der Waals surface area contributed by atoms with Crippen molar-refractivity contribution >= 4 is 34.1 Å². The third kappa shape index (κ3) is 3.23. The lowest BCUT2D eigenvalue weighted by Gasteiger charge is -2.15. The third-order valence-corrected chi connectivity index (χ3v) is 5.74. The van der Waals surface area contributed by atoms with Crippen molar-refractivity contribution in [2.45, 2.75) is 20.3 Å². The predicted octanol–water partition coefficient (Wildman–Crippen LogP) is 4.99. The average molecular weight is 422 g/mol. The van der Waals surface area contributed by atoms with Gasteiger partial charge in [0.15, 0.2) is 0 Å². The van der Waals surface area contributed by atoms with E-state index in [4.69, 9.17) is 4.98 Å². The normalized spacial score (nSPS) is 14.4. The molecule has 0 atom stereocenters. The Kier molecular flexibility index (Phi) is 4.94. The molecular weight excluding hydrogens is 398 g/mol. The van der Waals surface area contributed by atoms with Crippen LogP contribution in [0.25, 0.3) is 28.2 Å². The minimum absolute atomic E-state index is 0.0637. The second-order valence-electron chi connectivity index (χ2n) is 8.00. The highest BCUT2D eigenvalue weighted by atomic mass is 16.2. The largest absolute Gasteiger partial charge is 0.308 e. The fraction of sp³-hybridized carbons (Fsp3) is 0.148. The van der Waals surface area contributed by atoms with Crippen molar-refractivity contribution in [2.24, 2.45) is 0 Å². The van der Waals surface area contributed by atoms with Gasteiger partial charge in [0.25, 0.3) is 11.5 Å². The second-order valence-corrected chi connectivity index (χ2v) is 8.00. The molecule has 0 saturated carbocycles. The smallest absolute Gasteiger partial charge is 0.266 e. The fourth-order valence-electron chi connectivity index (χ4n) is 4.28. The van der Waals surface area contributed by atoms with E-state index in [1.807, 2.05) is 73.7 Å². The van der Waals surface area contributed by atoms with Gasteiger partial charge in [-0.25, -0.2) is 4.98 Å². The SMILES string of the molecule is CCCN1C(=O)/C(=C/c2nc3ccccc3c(=O)n2-c2cccc(C)c2)c2ccccc21. The summed E-state index contributed by atoms with van der Waals surface area (Å²) in [5.41, 5.74) is 4.54. The van der Waals surface area contributed by atoms with E-state index in [2.05, 4.69) is 6.92 Å². The van der Waals surface area contributed by atoms with Crippen LogP contribution in [-0.2, 0) is 4.79 Å². The number of amides is 1. The molecule has 4 aromatic rings. The number of hydrogen-bond donors (Lipinski definition) is 0. The lowest BCUT2D eigenvalue weighted by Crippen LogP contribution is -2.27. The van der Waals surface area contributed by atoms with Crippen LogP contribution in [0.5, 0.6) is 0 Å². The van der Waals surface area contributed by atoms with Crippen LogP contribution in [-0.4, -0.2) is 22.0 Å². The molecule has 1 aliphatic rings. The van der Waals surface area contributed by atoms with Gasteiger partial charge in [-0.05, 0) is 55.3 Å². The third-order valence-electron chi connectivity index (χ3n) is 5.74. The van der Waals surface area contributed by atoms with Crippen molar-refractivity contribution in [3.8, 4) is 5.69 Å². The monoisotopic (exact) mass is 421 g/mol. The van der Waals surface area contributed by atoms with Gasteiger partial charge in [0.05, 0.1) is 27.9 Å². The summed E-state index contributed by atoms with van der Waals surface area (Å²) in [6, 6.07) is 22.8. The summed E-state index contributed by atoms with van der Waals surface area (Å²) >= 11 is 0. The van der Waals surface area contributed by atoms with Crippen LogP contribution in [0.2, 0.25) is 0 Å². The minimum Gasteiger partial charge on any atom is -0.308 e. The molecule has 0 saturated heterocycles. The first-order valence-corrected chi connectivity index (χ1v) is 10.8. The van der Waals surface area contributed by atoms with Gasteiger partial charge in [-0.1, -0.05) is 49.4 Å². The van der Waals surface area contributed by atoms with Gasteiger partial charge < -0.3 is 4.90 Å². The van der Waals surface area contributed by atoms with E-state index >= 15 is 0 Å². The second kappa shape index (κ2) is 7.93. The lowest BCUT2D eigenvalue weighted by molar-refractivity contribution is -0.113. The number of rotatable bonds is 4. The van der Waals surface area contributed by atoms with Gasteiger partial charge >= 0.3 is 0 Å². The van der Waals surface area contributed by atoms with E-state index < -0.39 is 0 Å². The number of aryl methyl sites for hydroxylation is 1. The summed E-state index contributed by atoms with van der Waals surface area (Å²) in [7, 11) is 0. The minimum atomic E-state index is -0.155. The zero-order valence-electron chi connectivity index (χ0n) is 18.1. The summed E-state index contributed by atoms with van der Waals surface area (Å²) in [4.78, 5) is 33.5. The molecule has 5 rings (SSSR count). The Morgan fingerprint density at radius 1 is 0.938 bits per heavy atom. The molecule has 3 aromatic carbocycles. The molecule has 1 aliphatic heterocycles. The quantitative estimate of drug-likeness (QED) is 0.436. The number of para-hydroxylation sites is 2. The Bertz CT molecular complexity index is 1450. The van der Waals surface area contributed by atoms with Crippen LogP contribution in [0.4, 0.5) is 5.69 Å². The molecule has 5 heteroatoms. The number of carbonyl (C=O) groups is 1. The predicted molar refractivity (Wildman–Crippen MR) is 129 cm³/mol. The summed E-state index contributed by atoms with van der Waals surface area (Å²) in [6.45, 7) is 4.68. The van der Waals surface area contributed by atoms with Gasteiger partial charge in [-0.2, -0.15) is 0 Å². The molecule has 2 heterocycles. The lowest BCUT2D eigenvalue weighted by atomic mass is 10.1. The first-order valence-electron chi connectivity index (χ1n) is 10.8. The highest BCUT2D eigenvalue weighted by Crippen LogP contribution is 2.37. The number of hydrogen-bond acceptors (Lipinski definition) is 3. The van der Waals surface area contributed by atoms with E-state index in [-0.39, 0.29) is 11.5 Å². The van der Waals surface area contributed by atoms with E-state index in [0.717, 1.165) is 28.9 Å². The maximum atomic E-state index is 13.5. The van der Waals surface area contributed by atoms with Gasteiger partial charge in [0.1, 0.15) is 5.82 Å². The molecule has 0 radical (unpaired) electrons. The number of anilines is 1. The van der Waals surface area contributed by atoms with E-state index in [9.17, 15) is 9.59 Å². The van der Waals surface area contributed by atoms with Crippen molar-refractivity contribution in [1.29, 1.82) is 0 Å². The average Bonchev–Trinajstić information content (AvgIpc) is 3.06. The molecule has 0 fully saturated rings. The van der Waals surface area contributed by atoms with Crippen molar-refractivity contribution in [2.75, 3.05) is 11.4 Å². The number of aromatic nitrogens is 2. The van der Waals surface area contributed by atoms with E-state index in [0.29, 0.717) is 28.8 Å². The maximum Gasteiger partial charge on any atom is 0.266 e. The first-order chi connectivity index (χ1) is 15.6. The molecule has 0 spiro atoms. The summed E-state index contributed by atoms with van der Waals surface area (Å²) in [5.74, 6) is 0.377. The van der Waals surface area contributed by atoms with Gasteiger partial charge in [0.2, 0.25) is 0 Å². The molecule has 0 unspecified atom stereocenters. The Morgan fingerprint density at radius 2 is 1.72 bits per heavy atom. The number of fused-ring (bicyclic) bond motifs is 2. The van der Waals surface area contributed by atoms with Gasteiger partial charge in [-0.3, -0.25) is 14.2 Å². The highest BCUT2D eigenvalue weighted by molar-refractivity contribution is 6.35. The summed E-state index contributed by atoms with van der Waals surface area (Å²) < 4.78 is 1.60. The Balaban J connectivity index is 1.80. The number of benzene rings is 3. The fourth-order valence-corrected chi connectivity index (χ4v) is 4.28.